The Labute approximate surface area is 109 Å². The zero-order valence-electron chi connectivity index (χ0n) is 11.4. The molecule has 1 aliphatic rings. The van der Waals surface area contributed by atoms with Gasteiger partial charge in [-0.05, 0) is 13.0 Å². The van der Waals surface area contributed by atoms with Gasteiger partial charge in [0, 0.05) is 43.0 Å². The van der Waals surface area contributed by atoms with Crippen LogP contribution in [0.2, 0.25) is 0 Å². The van der Waals surface area contributed by atoms with Crippen LogP contribution in [0.25, 0.3) is 0 Å². The first kappa shape index (κ1) is 13.0. The number of nitrogens with one attached hydrogen (secondary N) is 1. The highest BCUT2D eigenvalue weighted by atomic mass is 16.5. The molecule has 1 heterocycles. The van der Waals surface area contributed by atoms with E-state index in [2.05, 4.69) is 29.3 Å². The van der Waals surface area contributed by atoms with Crippen LogP contribution in [0.15, 0.2) is 18.2 Å². The average molecular weight is 250 g/mol. The summed E-state index contributed by atoms with van der Waals surface area (Å²) in [6.07, 6.45) is 1.19. The number of rotatable bonds is 5. The molecule has 1 fully saturated rings. The van der Waals surface area contributed by atoms with Gasteiger partial charge in [0.2, 0.25) is 0 Å². The summed E-state index contributed by atoms with van der Waals surface area (Å²) < 4.78 is 10.6. The topological polar surface area (TPSA) is 33.7 Å². The second kappa shape index (κ2) is 5.96. The van der Waals surface area contributed by atoms with Gasteiger partial charge in [-0.1, -0.05) is 6.92 Å². The van der Waals surface area contributed by atoms with E-state index in [9.17, 15) is 0 Å². The highest BCUT2D eigenvalue weighted by Gasteiger charge is 2.22. The zero-order chi connectivity index (χ0) is 13.0. The minimum Gasteiger partial charge on any atom is -0.497 e. The van der Waals surface area contributed by atoms with Crippen molar-refractivity contribution in [3.05, 3.63) is 18.2 Å². The summed E-state index contributed by atoms with van der Waals surface area (Å²) in [5.41, 5.74) is 1.17. The van der Waals surface area contributed by atoms with Gasteiger partial charge in [0.25, 0.3) is 0 Å². The molecular formula is C14H22N2O2. The fourth-order valence-electron chi connectivity index (χ4n) is 2.43. The van der Waals surface area contributed by atoms with Crippen molar-refractivity contribution in [2.24, 2.45) is 0 Å². The molecular weight excluding hydrogens is 228 g/mol. The van der Waals surface area contributed by atoms with Gasteiger partial charge >= 0.3 is 0 Å². The Kier molecular flexibility index (Phi) is 4.31. The molecule has 1 aromatic rings. The van der Waals surface area contributed by atoms with Crippen molar-refractivity contribution >= 4 is 5.69 Å². The lowest BCUT2D eigenvalue weighted by Gasteiger charge is -2.20. The van der Waals surface area contributed by atoms with Crippen LogP contribution in [0.3, 0.4) is 0 Å². The Balaban J connectivity index is 2.13. The van der Waals surface area contributed by atoms with Crippen molar-refractivity contribution in [2.75, 3.05) is 38.8 Å². The Morgan fingerprint density at radius 2 is 1.89 bits per heavy atom. The highest BCUT2D eigenvalue weighted by molar-refractivity contribution is 5.56. The van der Waals surface area contributed by atoms with Gasteiger partial charge in [0.05, 0.1) is 14.2 Å². The Morgan fingerprint density at radius 3 is 2.44 bits per heavy atom. The van der Waals surface area contributed by atoms with Crippen LogP contribution in [0, 0.1) is 0 Å². The lowest BCUT2D eigenvalue weighted by Crippen LogP contribution is -2.32. The summed E-state index contributed by atoms with van der Waals surface area (Å²) in [4.78, 5) is 2.37. The van der Waals surface area contributed by atoms with E-state index in [0.29, 0.717) is 6.04 Å². The van der Waals surface area contributed by atoms with Crippen LogP contribution in [0.1, 0.15) is 13.3 Å². The fourth-order valence-corrected chi connectivity index (χ4v) is 2.43. The van der Waals surface area contributed by atoms with Crippen LogP contribution < -0.4 is 19.7 Å². The summed E-state index contributed by atoms with van der Waals surface area (Å²) in [5.74, 6) is 1.69. The number of ether oxygens (including phenoxy) is 2. The molecule has 0 radical (unpaired) electrons. The first-order valence-corrected chi connectivity index (χ1v) is 6.48. The number of anilines is 1. The predicted octanol–water partition coefficient (Wildman–Crippen LogP) is 1.89. The van der Waals surface area contributed by atoms with E-state index < -0.39 is 0 Å². The number of methoxy groups -OCH3 is 2. The second-order valence-corrected chi connectivity index (χ2v) is 4.56. The molecule has 2 rings (SSSR count). The molecule has 1 aromatic carbocycles. The van der Waals surface area contributed by atoms with Gasteiger partial charge in [-0.25, -0.2) is 0 Å². The maximum Gasteiger partial charge on any atom is 0.124 e. The summed E-state index contributed by atoms with van der Waals surface area (Å²) in [7, 11) is 3.37. The van der Waals surface area contributed by atoms with Crippen LogP contribution in [0.4, 0.5) is 5.69 Å². The van der Waals surface area contributed by atoms with Gasteiger partial charge in [-0.2, -0.15) is 0 Å². The molecule has 4 nitrogen and oxygen atoms in total. The van der Waals surface area contributed by atoms with Crippen molar-refractivity contribution in [3.8, 4) is 11.5 Å². The van der Waals surface area contributed by atoms with Crippen LogP contribution >= 0.6 is 0 Å². The molecule has 0 amide bonds. The number of likely N-dealkylation sites (N-methyl/N-ethyl adjacent to an activating group) is 1. The third-order valence-electron chi connectivity index (χ3n) is 3.38. The molecule has 4 heteroatoms. The van der Waals surface area contributed by atoms with E-state index in [0.717, 1.165) is 31.1 Å². The molecule has 0 aromatic heterocycles. The Morgan fingerprint density at radius 1 is 1.22 bits per heavy atom. The lowest BCUT2D eigenvalue weighted by molar-refractivity contribution is 0.394. The van der Waals surface area contributed by atoms with E-state index in [4.69, 9.17) is 9.47 Å². The maximum atomic E-state index is 5.31. The Hall–Kier alpha value is -1.42. The summed E-state index contributed by atoms with van der Waals surface area (Å²) >= 11 is 0. The van der Waals surface area contributed by atoms with Crippen molar-refractivity contribution in [3.63, 3.8) is 0 Å². The molecule has 100 valence electrons. The summed E-state index contributed by atoms with van der Waals surface area (Å²) in [6.45, 7) is 5.30. The second-order valence-electron chi connectivity index (χ2n) is 4.56. The normalized spacial score (nSPS) is 19.1. The summed E-state index contributed by atoms with van der Waals surface area (Å²) in [6, 6.07) is 6.63. The van der Waals surface area contributed by atoms with Crippen LogP contribution in [0.5, 0.6) is 11.5 Å². The molecule has 1 atom stereocenters. The molecule has 0 aliphatic carbocycles. The Bertz CT molecular complexity index is 373. The largest absolute Gasteiger partial charge is 0.497 e. The fraction of sp³-hybridized carbons (Fsp3) is 0.571. The molecule has 0 bridgehead atoms. The molecule has 0 saturated carbocycles. The van der Waals surface area contributed by atoms with Gasteiger partial charge in [-0.15, -0.1) is 0 Å². The van der Waals surface area contributed by atoms with Gasteiger partial charge in [0.1, 0.15) is 11.5 Å². The third kappa shape index (κ3) is 2.88. The van der Waals surface area contributed by atoms with Crippen LogP contribution in [-0.2, 0) is 0 Å². The SMILES string of the molecule is CCNC1CCN(c2cc(OC)cc(OC)c2)C1. The van der Waals surface area contributed by atoms with Gasteiger partial charge < -0.3 is 19.7 Å². The van der Waals surface area contributed by atoms with Crippen molar-refractivity contribution in [1.82, 2.24) is 5.32 Å². The highest BCUT2D eigenvalue weighted by Crippen LogP contribution is 2.30. The molecule has 1 unspecified atom stereocenters. The number of hydrogen-bond donors (Lipinski definition) is 1. The number of nitrogens with zero attached hydrogens (tertiary/aromatic N) is 1. The van der Waals surface area contributed by atoms with Crippen molar-refractivity contribution in [2.45, 2.75) is 19.4 Å². The van der Waals surface area contributed by atoms with E-state index >= 15 is 0 Å². The van der Waals surface area contributed by atoms with E-state index in [1.807, 2.05) is 6.07 Å². The van der Waals surface area contributed by atoms with E-state index in [1.165, 1.54) is 12.1 Å². The maximum absolute atomic E-state index is 5.31. The number of hydrogen-bond acceptors (Lipinski definition) is 4. The first-order chi connectivity index (χ1) is 8.76. The minimum absolute atomic E-state index is 0.590. The van der Waals surface area contributed by atoms with Gasteiger partial charge in [0.15, 0.2) is 0 Å². The summed E-state index contributed by atoms with van der Waals surface area (Å²) in [5, 5.41) is 3.50. The standard InChI is InChI=1S/C14H22N2O2/c1-4-15-11-5-6-16(10-11)12-7-13(17-2)9-14(8-12)18-3/h7-9,11,15H,4-6,10H2,1-3H3. The minimum atomic E-state index is 0.590. The monoisotopic (exact) mass is 250 g/mol. The quantitative estimate of drug-likeness (QED) is 0.865. The van der Waals surface area contributed by atoms with E-state index in [-0.39, 0.29) is 0 Å². The molecule has 1 N–H and O–H groups in total. The molecule has 18 heavy (non-hydrogen) atoms. The predicted molar refractivity (Wildman–Crippen MR) is 73.8 cm³/mol. The zero-order valence-corrected chi connectivity index (χ0v) is 11.4. The van der Waals surface area contributed by atoms with Crippen molar-refractivity contribution in [1.29, 1.82) is 0 Å². The first-order valence-electron chi connectivity index (χ1n) is 6.48. The van der Waals surface area contributed by atoms with Gasteiger partial charge in [-0.3, -0.25) is 0 Å². The molecule has 1 aliphatic heterocycles. The van der Waals surface area contributed by atoms with Crippen LogP contribution in [-0.4, -0.2) is 39.9 Å². The van der Waals surface area contributed by atoms with E-state index in [1.54, 1.807) is 14.2 Å². The number of benzene rings is 1. The molecule has 0 spiro atoms. The average Bonchev–Trinajstić information content (AvgIpc) is 2.87. The molecule has 1 saturated heterocycles. The van der Waals surface area contributed by atoms with Crippen molar-refractivity contribution < 1.29 is 9.47 Å². The smallest absolute Gasteiger partial charge is 0.124 e. The lowest BCUT2D eigenvalue weighted by atomic mass is 10.2. The third-order valence-corrected chi connectivity index (χ3v) is 3.38.